The van der Waals surface area contributed by atoms with E-state index in [4.69, 9.17) is 4.74 Å². The largest absolute Gasteiger partial charge is 0.371 e. The maximum atomic E-state index is 12.1. The van der Waals surface area contributed by atoms with Gasteiger partial charge in [0, 0.05) is 44.0 Å². The lowest BCUT2D eigenvalue weighted by Gasteiger charge is -2.33. The molecule has 9 nitrogen and oxygen atoms in total. The second kappa shape index (κ2) is 9.95. The van der Waals surface area contributed by atoms with Crippen LogP contribution in [-0.4, -0.2) is 54.4 Å². The number of carbonyl (C=O) groups excluding carboxylic acids is 2. The first kappa shape index (κ1) is 21.4. The number of benzene rings is 2. The van der Waals surface area contributed by atoms with E-state index in [2.05, 4.69) is 15.5 Å². The SMILES string of the molecule is Cc1cc([N+](=O)[O-])ccc1NC(=O)C(=O)NCCN1CCOC(c2ccccc2)C1. The predicted molar refractivity (Wildman–Crippen MR) is 111 cm³/mol. The van der Waals surface area contributed by atoms with Gasteiger partial charge in [-0.1, -0.05) is 30.3 Å². The van der Waals surface area contributed by atoms with Crippen molar-refractivity contribution in [3.05, 3.63) is 69.8 Å². The molecule has 2 aromatic carbocycles. The standard InChI is InChI=1S/C21H24N4O5/c1-15-13-17(25(28)29)7-8-18(15)23-21(27)20(26)22-9-10-24-11-12-30-19(14-24)16-5-3-2-4-6-16/h2-8,13,19H,9-12,14H2,1H3,(H,22,26)(H,23,27). The number of anilines is 1. The summed E-state index contributed by atoms with van der Waals surface area (Å²) >= 11 is 0. The van der Waals surface area contributed by atoms with E-state index in [9.17, 15) is 19.7 Å². The van der Waals surface area contributed by atoms with Crippen LogP contribution >= 0.6 is 0 Å². The third-order valence-corrected chi connectivity index (χ3v) is 4.91. The van der Waals surface area contributed by atoms with Crippen molar-refractivity contribution in [3.8, 4) is 0 Å². The number of hydrogen-bond acceptors (Lipinski definition) is 6. The summed E-state index contributed by atoms with van der Waals surface area (Å²) in [6.45, 7) is 4.63. The minimum atomic E-state index is -0.809. The van der Waals surface area contributed by atoms with E-state index in [0.29, 0.717) is 37.5 Å². The lowest BCUT2D eigenvalue weighted by molar-refractivity contribution is -0.384. The number of carbonyl (C=O) groups is 2. The molecule has 1 atom stereocenters. The highest BCUT2D eigenvalue weighted by Crippen LogP contribution is 2.22. The molecule has 30 heavy (non-hydrogen) atoms. The third-order valence-electron chi connectivity index (χ3n) is 4.91. The topological polar surface area (TPSA) is 114 Å². The summed E-state index contributed by atoms with van der Waals surface area (Å²) in [4.78, 5) is 36.7. The van der Waals surface area contributed by atoms with Gasteiger partial charge in [0.1, 0.15) is 0 Å². The lowest BCUT2D eigenvalue weighted by atomic mass is 10.1. The molecule has 1 unspecified atom stereocenters. The molecule has 0 saturated carbocycles. The Bertz CT molecular complexity index is 919. The normalized spacial score (nSPS) is 16.6. The van der Waals surface area contributed by atoms with E-state index >= 15 is 0 Å². The van der Waals surface area contributed by atoms with Crippen LogP contribution in [0.1, 0.15) is 17.2 Å². The fourth-order valence-electron chi connectivity index (χ4n) is 3.26. The summed E-state index contributed by atoms with van der Waals surface area (Å²) < 4.78 is 5.83. The summed E-state index contributed by atoms with van der Waals surface area (Å²) in [5, 5.41) is 15.9. The Kier molecular flexibility index (Phi) is 7.10. The molecule has 0 bridgehead atoms. The van der Waals surface area contributed by atoms with Crippen LogP contribution < -0.4 is 10.6 Å². The number of amides is 2. The lowest BCUT2D eigenvalue weighted by Crippen LogP contribution is -2.44. The third kappa shape index (κ3) is 5.62. The first-order valence-corrected chi connectivity index (χ1v) is 9.67. The van der Waals surface area contributed by atoms with Gasteiger partial charge < -0.3 is 15.4 Å². The smallest absolute Gasteiger partial charge is 0.313 e. The van der Waals surface area contributed by atoms with Crippen LogP contribution in [0.3, 0.4) is 0 Å². The molecule has 1 saturated heterocycles. The molecule has 0 spiro atoms. The average Bonchev–Trinajstić information content (AvgIpc) is 2.75. The fourth-order valence-corrected chi connectivity index (χ4v) is 3.26. The molecule has 2 aromatic rings. The van der Waals surface area contributed by atoms with Gasteiger partial charge in [0.05, 0.1) is 17.6 Å². The summed E-state index contributed by atoms with van der Waals surface area (Å²) in [5.41, 5.74) is 1.91. The Morgan fingerprint density at radius 2 is 1.97 bits per heavy atom. The number of aryl methyl sites for hydroxylation is 1. The second-order valence-electron chi connectivity index (χ2n) is 7.04. The molecule has 1 heterocycles. The number of non-ortho nitro benzene ring substituents is 1. The Balaban J connectivity index is 1.45. The van der Waals surface area contributed by atoms with E-state index in [0.717, 1.165) is 12.1 Å². The first-order chi connectivity index (χ1) is 14.4. The highest BCUT2D eigenvalue weighted by atomic mass is 16.6. The van der Waals surface area contributed by atoms with Crippen molar-refractivity contribution in [3.63, 3.8) is 0 Å². The molecule has 1 aliphatic rings. The van der Waals surface area contributed by atoms with Crippen molar-refractivity contribution in [2.24, 2.45) is 0 Å². The maximum absolute atomic E-state index is 12.1. The highest BCUT2D eigenvalue weighted by Gasteiger charge is 2.22. The molecule has 0 aromatic heterocycles. The fraction of sp³-hybridized carbons (Fsp3) is 0.333. The number of nitrogens with one attached hydrogen (secondary N) is 2. The molecule has 9 heteroatoms. The number of ether oxygens (including phenoxy) is 1. The van der Waals surface area contributed by atoms with Crippen LogP contribution in [0.4, 0.5) is 11.4 Å². The molecule has 0 aliphatic carbocycles. The van der Waals surface area contributed by atoms with Gasteiger partial charge in [-0.2, -0.15) is 0 Å². The van der Waals surface area contributed by atoms with Crippen LogP contribution in [0, 0.1) is 17.0 Å². The Morgan fingerprint density at radius 1 is 1.20 bits per heavy atom. The molecule has 1 aliphatic heterocycles. The van der Waals surface area contributed by atoms with Crippen LogP contribution in [0.5, 0.6) is 0 Å². The maximum Gasteiger partial charge on any atom is 0.313 e. The van der Waals surface area contributed by atoms with Crippen molar-refractivity contribution in [2.45, 2.75) is 13.0 Å². The van der Waals surface area contributed by atoms with Gasteiger partial charge >= 0.3 is 11.8 Å². The van der Waals surface area contributed by atoms with Gasteiger partial charge in [0.2, 0.25) is 0 Å². The Morgan fingerprint density at radius 3 is 2.67 bits per heavy atom. The quantitative estimate of drug-likeness (QED) is 0.426. The second-order valence-corrected chi connectivity index (χ2v) is 7.04. The molecule has 3 rings (SSSR count). The van der Waals surface area contributed by atoms with Crippen molar-refractivity contribution >= 4 is 23.2 Å². The van der Waals surface area contributed by atoms with Gasteiger partial charge in [-0.3, -0.25) is 24.6 Å². The van der Waals surface area contributed by atoms with Gasteiger partial charge in [-0.25, -0.2) is 0 Å². The number of nitro benzene ring substituents is 1. The van der Waals surface area contributed by atoms with Crippen molar-refractivity contribution in [2.75, 3.05) is 38.1 Å². The van der Waals surface area contributed by atoms with Crippen molar-refractivity contribution < 1.29 is 19.2 Å². The summed E-state index contributed by atoms with van der Waals surface area (Å²) in [6, 6.07) is 14.0. The Hall–Kier alpha value is -3.30. The predicted octanol–water partition coefficient (Wildman–Crippen LogP) is 2.03. The van der Waals surface area contributed by atoms with Crippen LogP contribution in [0.15, 0.2) is 48.5 Å². The molecule has 2 amide bonds. The summed E-state index contributed by atoms with van der Waals surface area (Å²) in [6.07, 6.45) is -0.0101. The van der Waals surface area contributed by atoms with Gasteiger partial charge in [0.25, 0.3) is 5.69 Å². The number of hydrogen-bond donors (Lipinski definition) is 2. The van der Waals surface area contributed by atoms with E-state index < -0.39 is 16.7 Å². The van der Waals surface area contributed by atoms with Gasteiger partial charge in [-0.05, 0) is 24.1 Å². The van der Waals surface area contributed by atoms with Crippen molar-refractivity contribution in [1.82, 2.24) is 10.2 Å². The molecule has 158 valence electrons. The molecular weight excluding hydrogens is 388 g/mol. The molecular formula is C21H24N4O5. The molecule has 0 radical (unpaired) electrons. The molecule has 2 N–H and O–H groups in total. The number of morpholine rings is 1. The minimum Gasteiger partial charge on any atom is -0.371 e. The Labute approximate surface area is 174 Å². The van der Waals surface area contributed by atoms with E-state index in [1.54, 1.807) is 6.92 Å². The van der Waals surface area contributed by atoms with Crippen LogP contribution in [0.25, 0.3) is 0 Å². The van der Waals surface area contributed by atoms with E-state index in [1.165, 1.54) is 18.2 Å². The van der Waals surface area contributed by atoms with E-state index in [-0.39, 0.29) is 11.8 Å². The molecule has 1 fully saturated rings. The first-order valence-electron chi connectivity index (χ1n) is 9.67. The zero-order valence-electron chi connectivity index (χ0n) is 16.7. The van der Waals surface area contributed by atoms with Crippen LogP contribution in [0.2, 0.25) is 0 Å². The zero-order valence-corrected chi connectivity index (χ0v) is 16.7. The minimum absolute atomic E-state index is 0.0101. The van der Waals surface area contributed by atoms with Gasteiger partial charge in [-0.15, -0.1) is 0 Å². The number of rotatable bonds is 6. The zero-order chi connectivity index (χ0) is 21.5. The van der Waals surface area contributed by atoms with Crippen molar-refractivity contribution in [1.29, 1.82) is 0 Å². The number of nitro groups is 1. The number of nitrogens with zero attached hydrogens (tertiary/aromatic N) is 2. The monoisotopic (exact) mass is 412 g/mol. The highest BCUT2D eigenvalue weighted by molar-refractivity contribution is 6.39. The van der Waals surface area contributed by atoms with Gasteiger partial charge in [0.15, 0.2) is 0 Å². The average molecular weight is 412 g/mol. The summed E-state index contributed by atoms with van der Waals surface area (Å²) in [7, 11) is 0. The van der Waals surface area contributed by atoms with E-state index in [1.807, 2.05) is 30.3 Å². The summed E-state index contributed by atoms with van der Waals surface area (Å²) in [5.74, 6) is -1.56. The van der Waals surface area contributed by atoms with Crippen LogP contribution in [-0.2, 0) is 14.3 Å².